The largest absolute Gasteiger partial charge is 0.412 e. The number of benzene rings is 3. The van der Waals surface area contributed by atoms with Gasteiger partial charge >= 0.3 is 0 Å². The third-order valence-electron chi connectivity index (χ3n) is 4.12. The molecule has 128 valence electrons. The minimum atomic E-state index is -1.07. The predicted octanol–water partition coefficient (Wildman–Crippen LogP) is 4.06. The summed E-state index contributed by atoms with van der Waals surface area (Å²) in [6, 6.07) is 24.5. The van der Waals surface area contributed by atoms with E-state index in [1.54, 1.807) is 0 Å². The highest BCUT2D eigenvalue weighted by molar-refractivity contribution is 7.88. The van der Waals surface area contributed by atoms with Gasteiger partial charge in [-0.25, -0.2) is 0 Å². The maximum Gasteiger partial charge on any atom is 0.193 e. The minimum Gasteiger partial charge on any atom is -0.412 e. The highest BCUT2D eigenvalue weighted by Gasteiger charge is 2.26. The molecule has 25 heavy (non-hydrogen) atoms. The van der Waals surface area contributed by atoms with Gasteiger partial charge in [-0.1, -0.05) is 78.4 Å². The number of rotatable bonds is 4. The second-order valence-corrected chi connectivity index (χ2v) is 8.20. The van der Waals surface area contributed by atoms with Crippen LogP contribution < -0.4 is 10.6 Å². The normalized spacial score (nSPS) is 10.4. The first-order valence-electron chi connectivity index (χ1n) is 8.10. The number of carbonyl (C=O) groups is 1. The maximum atomic E-state index is 13.5. The molecule has 3 aromatic rings. The molecule has 2 N–H and O–H groups in total. The Morgan fingerprint density at radius 3 is 1.52 bits per heavy atom. The molecule has 0 aromatic heterocycles. The summed E-state index contributed by atoms with van der Waals surface area (Å²) in [5, 5.41) is 2.20. The average molecular weight is 350 g/mol. The van der Waals surface area contributed by atoms with Gasteiger partial charge < -0.3 is 5.48 Å². The Hall–Kier alpha value is -2.28. The fourth-order valence-electron chi connectivity index (χ4n) is 3.17. The van der Waals surface area contributed by atoms with Gasteiger partial charge in [0.05, 0.1) is 0 Å². The molecule has 0 atom stereocenters. The molecule has 0 aliphatic carbocycles. The van der Waals surface area contributed by atoms with Crippen LogP contribution in [0.3, 0.4) is 0 Å². The van der Waals surface area contributed by atoms with Crippen molar-refractivity contribution in [3.8, 4) is 0 Å². The van der Waals surface area contributed by atoms with E-state index in [9.17, 15) is 4.79 Å². The Labute approximate surface area is 150 Å². The van der Waals surface area contributed by atoms with Gasteiger partial charge in [-0.2, -0.15) is 0 Å². The summed E-state index contributed by atoms with van der Waals surface area (Å²) in [4.78, 5) is 13.5. The van der Waals surface area contributed by atoms with E-state index in [0.717, 1.165) is 27.3 Å². The summed E-state index contributed by atoms with van der Waals surface area (Å²) in [5.41, 5.74) is 4.44. The molecule has 0 radical (unpaired) electrons. The number of carbonyl (C=O) groups excluding carboxylic acids is 1. The lowest BCUT2D eigenvalue weighted by Gasteiger charge is -2.20. The summed E-state index contributed by atoms with van der Waals surface area (Å²) < 4.78 is 0. The van der Waals surface area contributed by atoms with Gasteiger partial charge in [-0.05, 0) is 42.5 Å². The number of aryl methyl sites for hydroxylation is 3. The van der Waals surface area contributed by atoms with Gasteiger partial charge in [0.25, 0.3) is 0 Å². The average Bonchev–Trinajstić information content (AvgIpc) is 2.56. The van der Waals surface area contributed by atoms with Crippen LogP contribution in [0.4, 0.5) is 0 Å². The van der Waals surface area contributed by atoms with Crippen molar-refractivity contribution in [1.29, 1.82) is 0 Å². The molecule has 3 rings (SSSR count). The van der Waals surface area contributed by atoms with Gasteiger partial charge in [0.1, 0.15) is 0 Å². The van der Waals surface area contributed by atoms with Crippen molar-refractivity contribution in [1.82, 2.24) is 0 Å². The number of hydrogen-bond donors (Lipinski definition) is 0. The van der Waals surface area contributed by atoms with Crippen molar-refractivity contribution in [2.75, 3.05) is 0 Å². The zero-order chi connectivity index (χ0) is 17.1. The Morgan fingerprint density at radius 2 is 1.12 bits per heavy atom. The first-order chi connectivity index (χ1) is 11.6. The van der Waals surface area contributed by atoms with Crippen LogP contribution in [0.5, 0.6) is 0 Å². The van der Waals surface area contributed by atoms with Crippen LogP contribution in [-0.4, -0.2) is 11.0 Å². The summed E-state index contributed by atoms with van der Waals surface area (Å²) in [7, 11) is -1.07. The first kappa shape index (κ1) is 19.1. The van der Waals surface area contributed by atoms with Gasteiger partial charge in [0.2, 0.25) is 0 Å². The summed E-state index contributed by atoms with van der Waals surface area (Å²) in [5.74, 6) is 0. The second kappa shape index (κ2) is 8.20. The Morgan fingerprint density at radius 1 is 0.720 bits per heavy atom. The van der Waals surface area contributed by atoms with Crippen LogP contribution in [0.1, 0.15) is 27.0 Å². The number of hydrogen-bond acceptors (Lipinski definition) is 1. The SMILES string of the molecule is Cc1cc(C)c(C(=O)P(c2ccccc2)c2ccccc2)c(C)c1.O. The van der Waals surface area contributed by atoms with E-state index in [1.807, 2.05) is 50.2 Å². The van der Waals surface area contributed by atoms with Crippen molar-refractivity contribution in [2.24, 2.45) is 0 Å². The molecule has 2 nitrogen and oxygen atoms in total. The van der Waals surface area contributed by atoms with Crippen molar-refractivity contribution in [3.05, 3.63) is 95.1 Å². The van der Waals surface area contributed by atoms with Gasteiger partial charge in [-0.15, -0.1) is 0 Å². The minimum absolute atomic E-state index is 0. The highest BCUT2D eigenvalue weighted by atomic mass is 31.1. The van der Waals surface area contributed by atoms with Crippen molar-refractivity contribution >= 4 is 24.1 Å². The zero-order valence-corrected chi connectivity index (χ0v) is 15.7. The molecular formula is C22H23O2P. The van der Waals surface area contributed by atoms with E-state index >= 15 is 0 Å². The molecule has 0 saturated carbocycles. The molecule has 0 heterocycles. The smallest absolute Gasteiger partial charge is 0.193 e. The highest BCUT2D eigenvalue weighted by Crippen LogP contribution is 2.39. The van der Waals surface area contributed by atoms with Crippen molar-refractivity contribution < 1.29 is 10.3 Å². The van der Waals surface area contributed by atoms with Crippen LogP contribution in [0.2, 0.25) is 0 Å². The Balaban J connectivity index is 0.00000225. The molecule has 0 amide bonds. The Bertz CT molecular complexity index is 795. The van der Waals surface area contributed by atoms with E-state index in [4.69, 9.17) is 0 Å². The third kappa shape index (κ3) is 4.04. The Kier molecular flexibility index (Phi) is 6.25. The molecule has 0 spiro atoms. The van der Waals surface area contributed by atoms with Gasteiger partial charge in [0.15, 0.2) is 5.52 Å². The van der Waals surface area contributed by atoms with Crippen LogP contribution in [-0.2, 0) is 0 Å². The topological polar surface area (TPSA) is 48.6 Å². The quantitative estimate of drug-likeness (QED) is 0.655. The molecule has 0 bridgehead atoms. The summed E-state index contributed by atoms with van der Waals surface area (Å²) >= 11 is 0. The van der Waals surface area contributed by atoms with E-state index < -0.39 is 7.92 Å². The van der Waals surface area contributed by atoms with Crippen LogP contribution >= 0.6 is 7.92 Å². The summed E-state index contributed by atoms with van der Waals surface area (Å²) in [6.45, 7) is 6.15. The van der Waals surface area contributed by atoms with Crippen molar-refractivity contribution in [2.45, 2.75) is 20.8 Å². The monoisotopic (exact) mass is 350 g/mol. The lowest BCUT2D eigenvalue weighted by molar-refractivity contribution is 0.108. The molecule has 0 aliphatic heterocycles. The van der Waals surface area contributed by atoms with E-state index in [-0.39, 0.29) is 11.0 Å². The molecular weight excluding hydrogens is 327 g/mol. The van der Waals surface area contributed by atoms with Crippen molar-refractivity contribution in [3.63, 3.8) is 0 Å². The molecule has 0 aliphatic rings. The molecule has 0 saturated heterocycles. The lowest BCUT2D eigenvalue weighted by Crippen LogP contribution is -2.19. The maximum absolute atomic E-state index is 13.5. The van der Waals surface area contributed by atoms with Crippen LogP contribution in [0.25, 0.3) is 0 Å². The van der Waals surface area contributed by atoms with Crippen LogP contribution in [0.15, 0.2) is 72.8 Å². The molecule has 3 heteroatoms. The third-order valence-corrected chi connectivity index (χ3v) is 6.38. The second-order valence-electron chi connectivity index (χ2n) is 6.09. The predicted molar refractivity (Wildman–Crippen MR) is 108 cm³/mol. The standard InChI is InChI=1S/C22H21OP.H2O/c1-16-14-17(2)21(18(3)15-16)22(23)24(19-10-6-4-7-11-19)20-12-8-5-9-13-20;/h4-15H,1-3H3;1H2. The van der Waals surface area contributed by atoms with Gasteiger partial charge in [-0.3, -0.25) is 4.79 Å². The van der Waals surface area contributed by atoms with E-state index in [2.05, 4.69) is 43.3 Å². The lowest BCUT2D eigenvalue weighted by atomic mass is 10.0. The molecule has 3 aromatic carbocycles. The fraction of sp³-hybridized carbons (Fsp3) is 0.136. The van der Waals surface area contributed by atoms with E-state index in [0.29, 0.717) is 0 Å². The summed E-state index contributed by atoms with van der Waals surface area (Å²) in [6.07, 6.45) is 0. The van der Waals surface area contributed by atoms with Gasteiger partial charge in [0, 0.05) is 13.5 Å². The first-order valence-corrected chi connectivity index (χ1v) is 9.44. The van der Waals surface area contributed by atoms with Crippen LogP contribution in [0, 0.1) is 20.8 Å². The molecule has 0 unspecified atom stereocenters. The zero-order valence-electron chi connectivity index (χ0n) is 14.8. The fourth-order valence-corrected chi connectivity index (χ4v) is 5.45. The molecule has 0 fully saturated rings. The van der Waals surface area contributed by atoms with E-state index in [1.165, 1.54) is 5.56 Å².